The van der Waals surface area contributed by atoms with Crippen LogP contribution in [0, 0.1) is 5.82 Å². The highest BCUT2D eigenvalue weighted by molar-refractivity contribution is 5.75. The minimum atomic E-state index is -0.333. The van der Waals surface area contributed by atoms with Crippen molar-refractivity contribution in [2.45, 2.75) is 0 Å². The van der Waals surface area contributed by atoms with Crippen LogP contribution in [0.2, 0.25) is 0 Å². The molecule has 0 bridgehead atoms. The van der Waals surface area contributed by atoms with Gasteiger partial charge in [0.05, 0.1) is 6.20 Å². The third-order valence-corrected chi connectivity index (χ3v) is 2.48. The fourth-order valence-electron chi connectivity index (χ4n) is 1.59. The second kappa shape index (κ2) is 7.07. The van der Waals surface area contributed by atoms with Gasteiger partial charge in [0.25, 0.3) is 0 Å². The molecule has 0 fully saturated rings. The fourth-order valence-corrected chi connectivity index (χ4v) is 1.59. The van der Waals surface area contributed by atoms with Crippen LogP contribution < -0.4 is 0 Å². The van der Waals surface area contributed by atoms with Gasteiger partial charge in [-0.15, -0.1) is 0 Å². The molecule has 1 aliphatic rings. The van der Waals surface area contributed by atoms with Gasteiger partial charge in [-0.05, 0) is 11.6 Å². The predicted molar refractivity (Wildman–Crippen MR) is 77.9 cm³/mol. The molecular formula is C17H14FN. The Morgan fingerprint density at radius 3 is 2.05 bits per heavy atom. The molecule has 0 saturated carbocycles. The van der Waals surface area contributed by atoms with E-state index >= 15 is 0 Å². The monoisotopic (exact) mass is 251 g/mol. The van der Waals surface area contributed by atoms with Gasteiger partial charge in [-0.3, -0.25) is 4.98 Å². The van der Waals surface area contributed by atoms with Gasteiger partial charge >= 0.3 is 0 Å². The van der Waals surface area contributed by atoms with E-state index in [9.17, 15) is 4.39 Å². The number of nitrogens with zero attached hydrogens (tertiary/aromatic N) is 1. The van der Waals surface area contributed by atoms with Crippen LogP contribution >= 0.6 is 0 Å². The van der Waals surface area contributed by atoms with Gasteiger partial charge in [-0.2, -0.15) is 0 Å². The minimum absolute atomic E-state index is 0.333. The lowest BCUT2D eigenvalue weighted by Crippen LogP contribution is -1.85. The number of hydrogen-bond donors (Lipinski definition) is 0. The first kappa shape index (κ1) is 13.0. The standard InChI is InChI=1S/C17H14FN/c18-17-12-16(13-19-14-17)15-10-8-6-4-2-1-3-5-7-9-11-15/h1-14H/b2-1-,3-1?,4-2?,5-3-,6-4-,7-5?,8-6?,9-7+,10-8+,11-9?,15-10?,15-11+. The molecule has 0 spiro atoms. The lowest BCUT2D eigenvalue weighted by atomic mass is 10.1. The molecule has 2 heteroatoms. The largest absolute Gasteiger partial charge is 0.261 e. The summed E-state index contributed by atoms with van der Waals surface area (Å²) in [4.78, 5) is 3.87. The van der Waals surface area contributed by atoms with E-state index in [1.54, 1.807) is 6.20 Å². The zero-order chi connectivity index (χ0) is 13.3. The van der Waals surface area contributed by atoms with E-state index in [1.807, 2.05) is 66.8 Å². The zero-order valence-electron chi connectivity index (χ0n) is 10.4. The number of pyridine rings is 1. The number of aromatic nitrogens is 1. The van der Waals surface area contributed by atoms with Crippen molar-refractivity contribution in [1.29, 1.82) is 0 Å². The molecular weight excluding hydrogens is 237 g/mol. The lowest BCUT2D eigenvalue weighted by Gasteiger charge is -2.01. The lowest BCUT2D eigenvalue weighted by molar-refractivity contribution is 0.621. The smallest absolute Gasteiger partial charge is 0.142 e. The van der Waals surface area contributed by atoms with E-state index < -0.39 is 0 Å². The summed E-state index contributed by atoms with van der Waals surface area (Å²) in [6.45, 7) is 0. The Hall–Kier alpha value is -2.48. The Bertz CT molecular complexity index is 601. The first-order valence-corrected chi connectivity index (χ1v) is 6.02. The second-order valence-electron chi connectivity index (χ2n) is 3.91. The van der Waals surface area contributed by atoms with Gasteiger partial charge < -0.3 is 0 Å². The molecule has 1 aromatic rings. The second-order valence-corrected chi connectivity index (χ2v) is 3.91. The van der Waals surface area contributed by atoms with Crippen molar-refractivity contribution in [3.8, 4) is 0 Å². The van der Waals surface area contributed by atoms with Gasteiger partial charge in [-0.25, -0.2) is 4.39 Å². The van der Waals surface area contributed by atoms with Gasteiger partial charge in [0.15, 0.2) is 0 Å². The quantitative estimate of drug-likeness (QED) is 0.721. The highest BCUT2D eigenvalue weighted by Gasteiger charge is 1.99. The van der Waals surface area contributed by atoms with Crippen molar-refractivity contribution in [1.82, 2.24) is 4.98 Å². The summed E-state index contributed by atoms with van der Waals surface area (Å²) < 4.78 is 13.2. The summed E-state index contributed by atoms with van der Waals surface area (Å²) in [6.07, 6.45) is 24.1. The van der Waals surface area contributed by atoms with Crippen molar-refractivity contribution < 1.29 is 4.39 Å². The molecule has 19 heavy (non-hydrogen) atoms. The first-order valence-electron chi connectivity index (χ1n) is 6.02. The van der Waals surface area contributed by atoms with Crippen molar-refractivity contribution in [3.63, 3.8) is 0 Å². The Morgan fingerprint density at radius 2 is 1.37 bits per heavy atom. The molecule has 0 saturated heterocycles. The molecule has 0 aromatic carbocycles. The van der Waals surface area contributed by atoms with Crippen molar-refractivity contribution >= 4 is 5.57 Å². The molecule has 1 aromatic heterocycles. The molecule has 0 unspecified atom stereocenters. The van der Waals surface area contributed by atoms with Gasteiger partial charge in [0, 0.05) is 11.8 Å². The minimum Gasteiger partial charge on any atom is -0.261 e. The third-order valence-electron chi connectivity index (χ3n) is 2.48. The van der Waals surface area contributed by atoms with Crippen LogP contribution in [0.5, 0.6) is 0 Å². The van der Waals surface area contributed by atoms with Gasteiger partial charge in [0.1, 0.15) is 5.82 Å². The number of halogens is 1. The predicted octanol–water partition coefficient (Wildman–Crippen LogP) is 4.40. The Morgan fingerprint density at radius 1 is 0.737 bits per heavy atom. The summed E-state index contributed by atoms with van der Waals surface area (Å²) in [5.74, 6) is -0.333. The highest BCUT2D eigenvalue weighted by Crippen LogP contribution is 2.16. The molecule has 0 amide bonds. The zero-order valence-corrected chi connectivity index (χ0v) is 10.4. The van der Waals surface area contributed by atoms with E-state index in [0.29, 0.717) is 0 Å². The van der Waals surface area contributed by atoms with E-state index in [1.165, 1.54) is 12.3 Å². The average molecular weight is 251 g/mol. The highest BCUT2D eigenvalue weighted by atomic mass is 19.1. The summed E-state index contributed by atoms with van der Waals surface area (Å²) in [6, 6.07) is 1.47. The van der Waals surface area contributed by atoms with Crippen LogP contribution in [0.1, 0.15) is 5.56 Å². The SMILES string of the molecule is Fc1cncc(C2=C/C=C/C=C\C=C/C=C\C=C\2)c1. The summed E-state index contributed by atoms with van der Waals surface area (Å²) in [5.41, 5.74) is 1.66. The molecule has 1 nitrogen and oxygen atoms in total. The molecule has 1 aliphatic carbocycles. The van der Waals surface area contributed by atoms with Crippen molar-refractivity contribution in [2.75, 3.05) is 0 Å². The Labute approximate surface area is 112 Å². The third kappa shape index (κ3) is 4.36. The van der Waals surface area contributed by atoms with Crippen LogP contribution in [0.4, 0.5) is 4.39 Å². The maximum absolute atomic E-state index is 13.2. The van der Waals surface area contributed by atoms with Crippen LogP contribution in [-0.2, 0) is 0 Å². The topological polar surface area (TPSA) is 12.9 Å². The first-order chi connectivity index (χ1) is 9.36. The summed E-state index contributed by atoms with van der Waals surface area (Å²) >= 11 is 0. The van der Waals surface area contributed by atoms with Crippen molar-refractivity contribution in [2.24, 2.45) is 0 Å². The molecule has 2 rings (SSSR count). The van der Waals surface area contributed by atoms with E-state index in [-0.39, 0.29) is 5.82 Å². The van der Waals surface area contributed by atoms with Gasteiger partial charge in [-0.1, -0.05) is 66.8 Å². The maximum Gasteiger partial charge on any atom is 0.142 e. The van der Waals surface area contributed by atoms with E-state index in [2.05, 4.69) is 4.98 Å². The molecule has 1 heterocycles. The summed E-state index contributed by atoms with van der Waals surface area (Å²) in [5, 5.41) is 0. The Kier molecular flexibility index (Phi) is 4.82. The molecule has 0 atom stereocenters. The molecule has 0 aliphatic heterocycles. The van der Waals surface area contributed by atoms with E-state index in [4.69, 9.17) is 0 Å². The normalized spacial score (nSPS) is 26.1. The van der Waals surface area contributed by atoms with Crippen LogP contribution in [-0.4, -0.2) is 4.98 Å². The molecule has 0 N–H and O–H groups in total. The van der Waals surface area contributed by atoms with Crippen LogP contribution in [0.25, 0.3) is 5.57 Å². The van der Waals surface area contributed by atoms with Crippen molar-refractivity contribution in [3.05, 3.63) is 96.7 Å². The molecule has 0 radical (unpaired) electrons. The fraction of sp³-hybridized carbons (Fsp3) is 0. The van der Waals surface area contributed by atoms with Gasteiger partial charge in [0.2, 0.25) is 0 Å². The molecule has 94 valence electrons. The summed E-state index contributed by atoms with van der Waals surface area (Å²) in [7, 11) is 0. The van der Waals surface area contributed by atoms with E-state index in [0.717, 1.165) is 11.1 Å². The van der Waals surface area contributed by atoms with Crippen LogP contribution in [0.15, 0.2) is 85.3 Å². The average Bonchev–Trinajstić information content (AvgIpc) is 2.39. The Balaban J connectivity index is 2.35. The number of allylic oxidation sites excluding steroid dienone is 12. The number of hydrogen-bond acceptors (Lipinski definition) is 1. The van der Waals surface area contributed by atoms with Crippen LogP contribution in [0.3, 0.4) is 0 Å². The number of rotatable bonds is 1. The maximum atomic E-state index is 13.2.